The summed E-state index contributed by atoms with van der Waals surface area (Å²) >= 11 is 0. The molecule has 2 N–H and O–H groups in total. The highest BCUT2D eigenvalue weighted by Gasteiger charge is 2.07. The monoisotopic (exact) mass is 259 g/mol. The first-order valence-electron chi connectivity index (χ1n) is 6.00. The number of phenolic OH excluding ortho intramolecular Hbond substituents is 1. The molecule has 0 bridgehead atoms. The van der Waals surface area contributed by atoms with Gasteiger partial charge in [-0.15, -0.1) is 0 Å². The molecule has 0 aliphatic carbocycles. The van der Waals surface area contributed by atoms with Crippen LogP contribution in [0.25, 0.3) is 0 Å². The predicted molar refractivity (Wildman–Crippen MR) is 79.6 cm³/mol. The van der Waals surface area contributed by atoms with Gasteiger partial charge in [0.05, 0.1) is 0 Å². The van der Waals surface area contributed by atoms with Crippen LogP contribution in [0.2, 0.25) is 0 Å². The summed E-state index contributed by atoms with van der Waals surface area (Å²) in [7, 11) is 2.44. The molecule has 1 atom stereocenters. The maximum atomic E-state index is 10.1. The van der Waals surface area contributed by atoms with E-state index in [1.165, 1.54) is 10.9 Å². The van der Waals surface area contributed by atoms with Crippen LogP contribution in [-0.2, 0) is 6.54 Å². The first-order chi connectivity index (χ1) is 8.72. The van der Waals surface area contributed by atoms with Crippen molar-refractivity contribution in [1.82, 2.24) is 5.32 Å². The summed E-state index contributed by atoms with van der Waals surface area (Å²) in [6, 6.07) is 14.3. The van der Waals surface area contributed by atoms with E-state index in [-0.39, 0.29) is 0 Å². The van der Waals surface area contributed by atoms with E-state index in [4.69, 9.17) is 0 Å². The van der Waals surface area contributed by atoms with Gasteiger partial charge in [-0.3, -0.25) is 0 Å². The van der Waals surface area contributed by atoms with Crippen LogP contribution in [0.1, 0.15) is 11.1 Å². The molecule has 3 heteroatoms. The van der Waals surface area contributed by atoms with Gasteiger partial charge in [-0.25, -0.2) is 0 Å². The van der Waals surface area contributed by atoms with Gasteiger partial charge in [0.25, 0.3) is 0 Å². The fourth-order valence-electron chi connectivity index (χ4n) is 1.89. The quantitative estimate of drug-likeness (QED) is 0.824. The molecule has 2 nitrogen and oxygen atoms in total. The Morgan fingerprint density at radius 3 is 2.56 bits per heavy atom. The van der Waals surface area contributed by atoms with Gasteiger partial charge in [-0.05, 0) is 30.4 Å². The van der Waals surface area contributed by atoms with Gasteiger partial charge in [0.15, 0.2) is 0 Å². The topological polar surface area (TPSA) is 32.3 Å². The van der Waals surface area contributed by atoms with Gasteiger partial charge >= 0.3 is 0 Å². The lowest BCUT2D eigenvalue weighted by Crippen LogP contribution is -2.15. The van der Waals surface area contributed by atoms with E-state index in [0.29, 0.717) is 14.3 Å². The molecule has 0 aliphatic rings. The fourth-order valence-corrected chi connectivity index (χ4v) is 3.19. The molecule has 0 saturated heterocycles. The van der Waals surface area contributed by atoms with Crippen LogP contribution in [0.15, 0.2) is 42.5 Å². The summed E-state index contributed by atoms with van der Waals surface area (Å²) in [5.41, 5.74) is 2.23. The zero-order valence-electron chi connectivity index (χ0n) is 10.7. The molecule has 0 heterocycles. The van der Waals surface area contributed by atoms with Crippen molar-refractivity contribution in [3.63, 3.8) is 0 Å². The molecule has 0 fully saturated rings. The average molecular weight is 259 g/mol. The van der Waals surface area contributed by atoms with Crippen LogP contribution in [0.5, 0.6) is 5.75 Å². The number of para-hydroxylation sites is 1. The van der Waals surface area contributed by atoms with Crippen molar-refractivity contribution in [1.29, 1.82) is 0 Å². The molecule has 0 aliphatic heterocycles. The second-order valence-corrected chi connectivity index (χ2v) is 5.61. The highest BCUT2D eigenvalue weighted by atomic mass is 31.1. The maximum Gasteiger partial charge on any atom is 0.126 e. The number of aromatic hydroxyl groups is 1. The summed E-state index contributed by atoms with van der Waals surface area (Å²) < 4.78 is 0. The van der Waals surface area contributed by atoms with Crippen LogP contribution in [0, 0.1) is 6.92 Å². The third kappa shape index (κ3) is 2.90. The summed E-state index contributed by atoms with van der Waals surface area (Å²) in [6.07, 6.45) is 0. The number of nitrogens with one attached hydrogen (secondary N) is 1. The minimum Gasteiger partial charge on any atom is -0.507 e. The highest BCUT2D eigenvalue weighted by Crippen LogP contribution is 2.22. The van der Waals surface area contributed by atoms with Gasteiger partial charge < -0.3 is 10.4 Å². The first-order valence-corrected chi connectivity index (χ1v) is 7.00. The van der Waals surface area contributed by atoms with Crippen molar-refractivity contribution in [3.05, 3.63) is 53.6 Å². The number of hydrogen-bond donors (Lipinski definition) is 2. The molecular formula is C15H18NOP. The molecule has 0 amide bonds. The Kier molecular flexibility index (Phi) is 4.35. The Bertz CT molecular complexity index is 540. The molecule has 0 aromatic heterocycles. The van der Waals surface area contributed by atoms with E-state index in [1.807, 2.05) is 38.2 Å². The van der Waals surface area contributed by atoms with Crippen LogP contribution in [0.4, 0.5) is 0 Å². The lowest BCUT2D eigenvalue weighted by atomic mass is 10.2. The number of phenols is 1. The Balaban J connectivity index is 2.31. The molecule has 0 saturated carbocycles. The summed E-state index contributed by atoms with van der Waals surface area (Å²) in [6.45, 7) is 2.79. The molecule has 18 heavy (non-hydrogen) atoms. The Labute approximate surface area is 110 Å². The SMILES string of the molecule is CNCc1ccccc1Pc1cccc(C)c1O. The molecule has 0 radical (unpaired) electrons. The van der Waals surface area contributed by atoms with Crippen molar-refractivity contribution in [3.8, 4) is 5.75 Å². The largest absolute Gasteiger partial charge is 0.507 e. The first kappa shape index (κ1) is 13.1. The molecule has 1 unspecified atom stereocenters. The zero-order chi connectivity index (χ0) is 13.0. The van der Waals surface area contributed by atoms with E-state index in [1.54, 1.807) is 0 Å². The lowest BCUT2D eigenvalue weighted by Gasteiger charge is -2.11. The van der Waals surface area contributed by atoms with Gasteiger partial charge in [0.2, 0.25) is 0 Å². The van der Waals surface area contributed by atoms with E-state index in [0.717, 1.165) is 17.4 Å². The number of aryl methyl sites for hydroxylation is 1. The summed E-state index contributed by atoms with van der Waals surface area (Å²) in [5.74, 6) is 0.426. The van der Waals surface area contributed by atoms with E-state index >= 15 is 0 Å². The minimum atomic E-state index is 0.426. The maximum absolute atomic E-state index is 10.1. The second kappa shape index (κ2) is 5.99. The van der Waals surface area contributed by atoms with Crippen molar-refractivity contribution >= 4 is 19.2 Å². The third-order valence-electron chi connectivity index (χ3n) is 2.89. The molecule has 94 valence electrons. The molecule has 2 aromatic rings. The Morgan fingerprint density at radius 1 is 1.06 bits per heavy atom. The predicted octanol–water partition coefficient (Wildman–Crippen LogP) is 2.05. The molecular weight excluding hydrogens is 241 g/mol. The average Bonchev–Trinajstić information content (AvgIpc) is 2.37. The highest BCUT2D eigenvalue weighted by molar-refractivity contribution is 7.55. The lowest BCUT2D eigenvalue weighted by molar-refractivity contribution is 0.475. The van der Waals surface area contributed by atoms with E-state index in [2.05, 4.69) is 23.5 Å². The summed E-state index contributed by atoms with van der Waals surface area (Å²) in [4.78, 5) is 0. The fraction of sp³-hybridized carbons (Fsp3) is 0.200. The summed E-state index contributed by atoms with van der Waals surface area (Å²) in [5, 5.41) is 15.5. The van der Waals surface area contributed by atoms with Gasteiger partial charge in [-0.1, -0.05) is 51.0 Å². The van der Waals surface area contributed by atoms with Crippen LogP contribution < -0.4 is 15.9 Å². The molecule has 2 rings (SSSR count). The molecule has 2 aromatic carbocycles. The smallest absolute Gasteiger partial charge is 0.126 e. The zero-order valence-corrected chi connectivity index (χ0v) is 11.7. The van der Waals surface area contributed by atoms with Crippen LogP contribution in [-0.4, -0.2) is 12.2 Å². The minimum absolute atomic E-state index is 0.426. The van der Waals surface area contributed by atoms with E-state index < -0.39 is 0 Å². The van der Waals surface area contributed by atoms with Gasteiger partial charge in [0, 0.05) is 11.8 Å². The van der Waals surface area contributed by atoms with Crippen LogP contribution in [0.3, 0.4) is 0 Å². The standard InChI is InChI=1S/C15H18NOP/c1-11-6-5-9-14(15(11)17)18-13-8-4-3-7-12(13)10-16-2/h3-9,16-18H,10H2,1-2H3. The number of rotatable bonds is 4. The van der Waals surface area contributed by atoms with Crippen molar-refractivity contribution < 1.29 is 5.11 Å². The molecule has 0 spiro atoms. The third-order valence-corrected chi connectivity index (χ3v) is 4.32. The van der Waals surface area contributed by atoms with Gasteiger partial charge in [-0.2, -0.15) is 0 Å². The van der Waals surface area contributed by atoms with Crippen molar-refractivity contribution in [2.45, 2.75) is 13.5 Å². The van der Waals surface area contributed by atoms with Crippen molar-refractivity contribution in [2.24, 2.45) is 0 Å². The van der Waals surface area contributed by atoms with E-state index in [9.17, 15) is 5.11 Å². The van der Waals surface area contributed by atoms with Crippen LogP contribution >= 0.6 is 8.58 Å². The Hall–Kier alpha value is -1.37. The normalized spacial score (nSPS) is 11.2. The van der Waals surface area contributed by atoms with Gasteiger partial charge in [0.1, 0.15) is 5.75 Å². The number of hydrogen-bond acceptors (Lipinski definition) is 2. The Morgan fingerprint density at radius 2 is 1.78 bits per heavy atom. The second-order valence-electron chi connectivity index (χ2n) is 4.28. The van der Waals surface area contributed by atoms with Crippen molar-refractivity contribution in [2.75, 3.05) is 7.05 Å². The number of benzene rings is 2.